The summed E-state index contributed by atoms with van der Waals surface area (Å²) in [6.45, 7) is 9.94. The fraction of sp³-hybridized carbons (Fsp3) is 0.400. The number of nitrogens with zero attached hydrogens (tertiary/aromatic N) is 5. The summed E-state index contributed by atoms with van der Waals surface area (Å²) in [6.07, 6.45) is 5.78. The molecule has 4 aromatic rings. The number of benzene rings is 2. The highest BCUT2D eigenvalue weighted by Gasteiger charge is 2.45. The number of phenolic OH excluding ortho intramolecular Hbond substituents is 1. The van der Waals surface area contributed by atoms with Crippen LogP contribution in [0.2, 0.25) is 0 Å². The number of halogens is 5. The topological polar surface area (TPSA) is 74.6 Å². The second kappa shape index (κ2) is 12.3. The van der Waals surface area contributed by atoms with Crippen LogP contribution in [0.1, 0.15) is 50.8 Å². The summed E-state index contributed by atoms with van der Waals surface area (Å²) in [5, 5.41) is 9.96. The first-order chi connectivity index (χ1) is 22.4. The van der Waals surface area contributed by atoms with Crippen LogP contribution in [-0.2, 0) is 6.18 Å². The molecule has 2 fully saturated rings. The van der Waals surface area contributed by atoms with Crippen molar-refractivity contribution in [1.29, 1.82) is 0 Å². The average Bonchev–Trinajstić information content (AvgIpc) is 3.59. The summed E-state index contributed by atoms with van der Waals surface area (Å²) in [5.74, 6) is -0.499. The Kier molecular flexibility index (Phi) is 8.47. The number of ether oxygens (including phenoxy) is 1. The lowest BCUT2D eigenvalue weighted by molar-refractivity contribution is -0.139. The van der Waals surface area contributed by atoms with Crippen molar-refractivity contribution in [3.63, 3.8) is 0 Å². The maximum atomic E-state index is 16.9. The molecule has 2 aliphatic heterocycles. The number of anilines is 1. The number of phenols is 1. The monoisotopic (exact) mass is 651 g/mol. The van der Waals surface area contributed by atoms with Gasteiger partial charge in [0.1, 0.15) is 35.2 Å². The second-order valence-electron chi connectivity index (χ2n) is 12.6. The van der Waals surface area contributed by atoms with Crippen LogP contribution in [0.3, 0.4) is 0 Å². The highest BCUT2D eigenvalue weighted by Crippen LogP contribution is 2.44. The van der Waals surface area contributed by atoms with Crippen LogP contribution in [-0.4, -0.2) is 63.3 Å². The summed E-state index contributed by atoms with van der Waals surface area (Å²) in [4.78, 5) is 16.5. The van der Waals surface area contributed by atoms with E-state index in [1.165, 1.54) is 18.2 Å². The highest BCUT2D eigenvalue weighted by atomic mass is 19.4. The molecular formula is C35H34F5N5O2. The van der Waals surface area contributed by atoms with Gasteiger partial charge < -0.3 is 14.7 Å². The molecule has 2 saturated heterocycles. The number of rotatable bonds is 9. The Morgan fingerprint density at radius 3 is 2.49 bits per heavy atom. The SMILES string of the molecule is C#Cc1c(F)ccc2cc(O)cc(-c3nc(C(F)(F)F)c4c(N(CC=C)CC(C)C)nc(OCC56CCCN5CCC6)nc4c3F)c12. The Morgan fingerprint density at radius 1 is 1.13 bits per heavy atom. The van der Waals surface area contributed by atoms with Crippen LogP contribution < -0.4 is 9.64 Å². The van der Waals surface area contributed by atoms with Gasteiger partial charge in [-0.15, -0.1) is 13.0 Å². The van der Waals surface area contributed by atoms with Gasteiger partial charge >= 0.3 is 12.2 Å². The molecule has 0 radical (unpaired) electrons. The van der Waals surface area contributed by atoms with Gasteiger partial charge in [-0.05, 0) is 68.3 Å². The van der Waals surface area contributed by atoms with E-state index in [-0.39, 0.29) is 64.9 Å². The average molecular weight is 652 g/mol. The third kappa shape index (κ3) is 5.82. The summed E-state index contributed by atoms with van der Waals surface area (Å²) < 4.78 is 82.8. The Labute approximate surface area is 269 Å². The van der Waals surface area contributed by atoms with Gasteiger partial charge in [0.25, 0.3) is 0 Å². The lowest BCUT2D eigenvalue weighted by Gasteiger charge is -2.31. The quantitative estimate of drug-likeness (QED) is 0.114. The van der Waals surface area contributed by atoms with E-state index in [0.29, 0.717) is 0 Å². The summed E-state index contributed by atoms with van der Waals surface area (Å²) in [7, 11) is 0. The molecule has 7 nitrogen and oxygen atoms in total. The minimum atomic E-state index is -5.10. The van der Waals surface area contributed by atoms with E-state index < -0.39 is 45.9 Å². The first-order valence-corrected chi connectivity index (χ1v) is 15.5. The van der Waals surface area contributed by atoms with E-state index in [1.54, 1.807) is 4.90 Å². The number of alkyl halides is 3. The van der Waals surface area contributed by atoms with E-state index in [1.807, 2.05) is 13.8 Å². The molecule has 1 N–H and O–H groups in total. The molecule has 246 valence electrons. The molecule has 12 heteroatoms. The molecule has 4 heterocycles. The van der Waals surface area contributed by atoms with Crippen molar-refractivity contribution in [2.75, 3.05) is 37.7 Å². The molecule has 2 aliphatic rings. The van der Waals surface area contributed by atoms with Crippen molar-refractivity contribution < 1.29 is 31.8 Å². The zero-order chi connectivity index (χ0) is 33.7. The molecule has 6 rings (SSSR count). The van der Waals surface area contributed by atoms with Gasteiger partial charge in [0.15, 0.2) is 11.5 Å². The Balaban J connectivity index is 1.65. The Hall–Kier alpha value is -4.50. The van der Waals surface area contributed by atoms with E-state index >= 15 is 4.39 Å². The molecule has 0 saturated carbocycles. The van der Waals surface area contributed by atoms with Gasteiger partial charge in [-0.3, -0.25) is 4.90 Å². The third-order valence-corrected chi connectivity index (χ3v) is 8.98. The largest absolute Gasteiger partial charge is 0.508 e. The third-order valence-electron chi connectivity index (χ3n) is 8.98. The number of hydrogen-bond donors (Lipinski definition) is 1. The van der Waals surface area contributed by atoms with Crippen LogP contribution >= 0.6 is 0 Å². The van der Waals surface area contributed by atoms with Gasteiger partial charge in [0, 0.05) is 24.0 Å². The molecule has 0 aliphatic carbocycles. The number of hydrogen-bond acceptors (Lipinski definition) is 7. The molecular weight excluding hydrogens is 617 g/mol. The smallest absolute Gasteiger partial charge is 0.434 e. The zero-order valence-electron chi connectivity index (χ0n) is 26.1. The van der Waals surface area contributed by atoms with Gasteiger partial charge in [0.05, 0.1) is 16.5 Å². The molecule has 0 unspecified atom stereocenters. The fourth-order valence-electron chi connectivity index (χ4n) is 7.07. The second-order valence-corrected chi connectivity index (χ2v) is 12.6. The van der Waals surface area contributed by atoms with Crippen molar-refractivity contribution in [2.45, 2.75) is 51.2 Å². The van der Waals surface area contributed by atoms with Crippen LogP contribution in [0.4, 0.5) is 27.8 Å². The predicted octanol–water partition coefficient (Wildman–Crippen LogP) is 7.48. The number of fused-ring (bicyclic) bond motifs is 3. The highest BCUT2D eigenvalue weighted by molar-refractivity contribution is 6.03. The van der Waals surface area contributed by atoms with Crippen molar-refractivity contribution in [3.8, 4) is 35.4 Å². The zero-order valence-corrected chi connectivity index (χ0v) is 26.1. The minimum absolute atomic E-state index is 0.0177. The molecule has 0 bridgehead atoms. The van der Waals surface area contributed by atoms with E-state index in [9.17, 15) is 22.7 Å². The summed E-state index contributed by atoms with van der Waals surface area (Å²) >= 11 is 0. The van der Waals surface area contributed by atoms with Crippen molar-refractivity contribution in [2.24, 2.45) is 5.92 Å². The van der Waals surface area contributed by atoms with Gasteiger partial charge in [-0.25, -0.2) is 13.8 Å². The van der Waals surface area contributed by atoms with Crippen LogP contribution in [0.15, 0.2) is 36.9 Å². The first kappa shape index (κ1) is 32.4. The van der Waals surface area contributed by atoms with Crippen LogP contribution in [0.5, 0.6) is 11.8 Å². The maximum absolute atomic E-state index is 16.9. The number of terminal acetylenes is 1. The number of pyridine rings is 1. The maximum Gasteiger partial charge on any atom is 0.434 e. The van der Waals surface area contributed by atoms with Crippen LogP contribution in [0, 0.1) is 29.9 Å². The van der Waals surface area contributed by atoms with Crippen molar-refractivity contribution in [1.82, 2.24) is 19.9 Å². The Morgan fingerprint density at radius 2 is 1.85 bits per heavy atom. The van der Waals surface area contributed by atoms with E-state index in [0.717, 1.165) is 50.9 Å². The molecule has 0 amide bonds. The first-order valence-electron chi connectivity index (χ1n) is 15.5. The summed E-state index contributed by atoms with van der Waals surface area (Å²) in [5.41, 5.74) is -3.81. The minimum Gasteiger partial charge on any atom is -0.508 e. The van der Waals surface area contributed by atoms with E-state index in [4.69, 9.17) is 11.2 Å². The molecule has 2 aromatic heterocycles. The van der Waals surface area contributed by atoms with Gasteiger partial charge in [-0.2, -0.15) is 23.1 Å². The molecule has 0 atom stereocenters. The lowest BCUT2D eigenvalue weighted by Crippen LogP contribution is -2.43. The van der Waals surface area contributed by atoms with E-state index in [2.05, 4.69) is 32.4 Å². The summed E-state index contributed by atoms with van der Waals surface area (Å²) in [6, 6.07) is 4.34. The lowest BCUT2D eigenvalue weighted by atomic mass is 9.95. The Bertz CT molecular complexity index is 1910. The molecule has 47 heavy (non-hydrogen) atoms. The van der Waals surface area contributed by atoms with Gasteiger partial charge in [-0.1, -0.05) is 31.9 Å². The normalized spacial score (nSPS) is 16.1. The number of aromatic nitrogens is 3. The standard InChI is InChI=1S/C35H34F5N5O2/c1-5-13-44(18-20(3)4)32-27-30(42-33(43-32)47-19-34-11-7-14-45(34)15-8-12-34)28(37)29(41-31(27)35(38,39)40)24-17-22(46)16-21-9-10-25(36)23(6-2)26(21)24/h2,5,9-10,16-17,20,46H,1,7-8,11-15,18-19H2,3-4H3. The van der Waals surface area contributed by atoms with Gasteiger partial charge in [0.2, 0.25) is 0 Å². The van der Waals surface area contributed by atoms with Crippen molar-refractivity contribution in [3.05, 3.63) is 59.8 Å². The molecule has 2 aromatic carbocycles. The van der Waals surface area contributed by atoms with Crippen molar-refractivity contribution >= 4 is 27.5 Å². The number of aromatic hydroxyl groups is 1. The fourth-order valence-corrected chi connectivity index (χ4v) is 7.07. The van der Waals surface area contributed by atoms with Crippen LogP contribution in [0.25, 0.3) is 32.9 Å². The molecule has 0 spiro atoms. The predicted molar refractivity (Wildman–Crippen MR) is 170 cm³/mol.